The zero-order valence-electron chi connectivity index (χ0n) is 13.5. The second-order valence-corrected chi connectivity index (χ2v) is 5.43. The first kappa shape index (κ1) is 18.4. The Labute approximate surface area is 145 Å². The predicted molar refractivity (Wildman–Crippen MR) is 75.3 cm³/mol. The SMILES string of the molecule is CC(C)(C)C(Cc1ccccc1)(C(=O)O)C(=O)O.[Ca+2].[H-].[H-]. The fourth-order valence-electron chi connectivity index (χ4n) is 2.05. The van der Waals surface area contributed by atoms with Gasteiger partial charge in [0.1, 0.15) is 0 Å². The molecule has 0 bridgehead atoms. The molecule has 0 radical (unpaired) electrons. The van der Waals surface area contributed by atoms with Crippen LogP contribution in [0.15, 0.2) is 30.3 Å². The topological polar surface area (TPSA) is 74.6 Å². The van der Waals surface area contributed by atoms with Crippen LogP contribution in [0, 0.1) is 10.8 Å². The molecular weight excluding hydrogens is 272 g/mol. The van der Waals surface area contributed by atoms with Gasteiger partial charge in [-0.2, -0.15) is 0 Å². The van der Waals surface area contributed by atoms with Crippen LogP contribution < -0.4 is 0 Å². The van der Waals surface area contributed by atoms with Crippen LogP contribution in [0.4, 0.5) is 0 Å². The van der Waals surface area contributed by atoms with Gasteiger partial charge in [-0.1, -0.05) is 51.1 Å². The largest absolute Gasteiger partial charge is 2.00 e. The summed E-state index contributed by atoms with van der Waals surface area (Å²) >= 11 is 0. The molecule has 0 aliphatic rings. The van der Waals surface area contributed by atoms with Crippen LogP contribution in [0.25, 0.3) is 0 Å². The molecule has 0 unspecified atom stereocenters. The van der Waals surface area contributed by atoms with Gasteiger partial charge in [0.2, 0.25) is 0 Å². The first-order valence-electron chi connectivity index (χ1n) is 5.72. The molecule has 0 heterocycles. The van der Waals surface area contributed by atoms with Crippen molar-refractivity contribution in [2.75, 3.05) is 0 Å². The van der Waals surface area contributed by atoms with Crippen molar-refractivity contribution in [3.8, 4) is 0 Å². The number of carbonyl (C=O) groups is 2. The van der Waals surface area contributed by atoms with Gasteiger partial charge in [0.05, 0.1) is 0 Å². The summed E-state index contributed by atoms with van der Waals surface area (Å²) in [5, 5.41) is 18.8. The zero-order valence-corrected chi connectivity index (χ0v) is 13.7. The van der Waals surface area contributed by atoms with Gasteiger partial charge in [-0.05, 0) is 17.4 Å². The number of carboxylic acid groups (broad SMARTS) is 2. The van der Waals surface area contributed by atoms with E-state index in [1.165, 1.54) is 0 Å². The van der Waals surface area contributed by atoms with Gasteiger partial charge in [-0.25, -0.2) is 0 Å². The minimum absolute atomic E-state index is 0. The van der Waals surface area contributed by atoms with Crippen molar-refractivity contribution in [3.05, 3.63) is 35.9 Å². The molecule has 0 fully saturated rings. The van der Waals surface area contributed by atoms with Crippen molar-refractivity contribution in [2.24, 2.45) is 10.8 Å². The molecule has 0 saturated heterocycles. The maximum Gasteiger partial charge on any atom is 2.00 e. The third-order valence-corrected chi connectivity index (χ3v) is 3.32. The Bertz CT molecular complexity index is 444. The van der Waals surface area contributed by atoms with E-state index in [1.807, 2.05) is 6.07 Å². The monoisotopic (exact) mass is 292 g/mol. The third-order valence-electron chi connectivity index (χ3n) is 3.32. The van der Waals surface area contributed by atoms with E-state index in [4.69, 9.17) is 0 Å². The Kier molecular flexibility index (Phi) is 6.52. The molecule has 1 aromatic rings. The molecule has 5 heteroatoms. The van der Waals surface area contributed by atoms with E-state index >= 15 is 0 Å². The van der Waals surface area contributed by atoms with Gasteiger partial charge >= 0.3 is 49.7 Å². The van der Waals surface area contributed by atoms with Crippen molar-refractivity contribution in [1.29, 1.82) is 0 Å². The Morgan fingerprint density at radius 3 is 1.79 bits per heavy atom. The molecule has 0 amide bonds. The minimum Gasteiger partial charge on any atom is -1.00 e. The van der Waals surface area contributed by atoms with Crippen LogP contribution in [0.3, 0.4) is 0 Å². The van der Waals surface area contributed by atoms with Crippen LogP contribution in [0.2, 0.25) is 0 Å². The van der Waals surface area contributed by atoms with Crippen LogP contribution in [0.1, 0.15) is 29.2 Å². The summed E-state index contributed by atoms with van der Waals surface area (Å²) in [4.78, 5) is 23.1. The van der Waals surface area contributed by atoms with Gasteiger partial charge in [0.15, 0.2) is 5.41 Å². The number of hydrogen-bond acceptors (Lipinski definition) is 2. The Morgan fingerprint density at radius 1 is 1.05 bits per heavy atom. The van der Waals surface area contributed by atoms with Crippen molar-refractivity contribution in [1.82, 2.24) is 0 Å². The average molecular weight is 292 g/mol. The molecule has 2 N–H and O–H groups in total. The van der Waals surface area contributed by atoms with Gasteiger partial charge in [-0.3, -0.25) is 9.59 Å². The molecule has 19 heavy (non-hydrogen) atoms. The van der Waals surface area contributed by atoms with E-state index in [0.29, 0.717) is 5.56 Å². The number of hydrogen-bond donors (Lipinski definition) is 2. The fourth-order valence-corrected chi connectivity index (χ4v) is 2.05. The summed E-state index contributed by atoms with van der Waals surface area (Å²) in [6.07, 6.45) is -0.0258. The van der Waals surface area contributed by atoms with Crippen molar-refractivity contribution in [3.63, 3.8) is 0 Å². The molecule has 1 rings (SSSR count). The Morgan fingerprint density at radius 2 is 1.47 bits per heavy atom. The van der Waals surface area contributed by atoms with Crippen molar-refractivity contribution < 1.29 is 22.7 Å². The summed E-state index contributed by atoms with van der Waals surface area (Å²) < 4.78 is 0. The van der Waals surface area contributed by atoms with Crippen LogP contribution >= 0.6 is 0 Å². The van der Waals surface area contributed by atoms with Gasteiger partial charge < -0.3 is 13.1 Å². The van der Waals surface area contributed by atoms with Crippen molar-refractivity contribution >= 4 is 49.7 Å². The molecule has 0 aliphatic carbocycles. The van der Waals surface area contributed by atoms with Gasteiger partial charge in [-0.15, -0.1) is 0 Å². The first-order chi connectivity index (χ1) is 8.22. The zero-order chi connectivity index (χ0) is 14.0. The first-order valence-corrected chi connectivity index (χ1v) is 5.72. The summed E-state index contributed by atoms with van der Waals surface area (Å²) in [5.41, 5.74) is -2.01. The summed E-state index contributed by atoms with van der Waals surface area (Å²) in [7, 11) is 0. The van der Waals surface area contributed by atoms with E-state index in [0.717, 1.165) is 0 Å². The van der Waals surface area contributed by atoms with E-state index < -0.39 is 22.8 Å². The quantitative estimate of drug-likeness (QED) is 0.659. The molecule has 0 spiro atoms. The number of benzene rings is 1. The number of rotatable bonds is 4. The average Bonchev–Trinajstić information content (AvgIpc) is 2.24. The molecule has 102 valence electrons. The number of aliphatic carboxylic acids is 2. The molecule has 0 aliphatic heterocycles. The Hall–Kier alpha value is -0.580. The smallest absolute Gasteiger partial charge is 1.00 e. The van der Waals surface area contributed by atoms with Crippen LogP contribution in [-0.2, 0) is 16.0 Å². The maximum atomic E-state index is 11.5. The molecule has 0 atom stereocenters. The second kappa shape index (κ2) is 6.73. The van der Waals surface area contributed by atoms with Crippen LogP contribution in [0.5, 0.6) is 0 Å². The molecule has 4 nitrogen and oxygen atoms in total. The van der Waals surface area contributed by atoms with Gasteiger partial charge in [0.25, 0.3) is 0 Å². The second-order valence-electron chi connectivity index (χ2n) is 5.43. The van der Waals surface area contributed by atoms with Crippen LogP contribution in [-0.4, -0.2) is 59.9 Å². The minimum atomic E-state index is -1.83. The van der Waals surface area contributed by atoms with E-state index in [1.54, 1.807) is 45.0 Å². The Balaban J connectivity index is -0.00000108. The maximum absolute atomic E-state index is 11.5. The summed E-state index contributed by atoms with van der Waals surface area (Å²) in [5.74, 6) is -2.60. The van der Waals surface area contributed by atoms with Crippen molar-refractivity contribution in [2.45, 2.75) is 27.2 Å². The number of carboxylic acids is 2. The third kappa shape index (κ3) is 3.71. The van der Waals surface area contributed by atoms with E-state index in [9.17, 15) is 19.8 Å². The fraction of sp³-hybridized carbons (Fsp3) is 0.429. The summed E-state index contributed by atoms with van der Waals surface area (Å²) in [6, 6.07) is 8.83. The molecule has 1 aromatic carbocycles. The molecule has 0 saturated carbocycles. The van der Waals surface area contributed by atoms with E-state index in [-0.39, 0.29) is 47.0 Å². The molecule has 0 aromatic heterocycles. The predicted octanol–water partition coefficient (Wildman–Crippen LogP) is 2.27. The summed E-state index contributed by atoms with van der Waals surface area (Å²) in [6.45, 7) is 4.91. The standard InChI is InChI=1S/C14H18O4.Ca.2H/c1-13(2,3)14(11(15)16,12(17)18)9-10-7-5-4-6-8-10;;;/h4-8H,9H2,1-3H3,(H,15,16)(H,17,18);;;/q;+2;2*-1. The van der Waals surface area contributed by atoms with Gasteiger partial charge in [0, 0.05) is 0 Å². The molecular formula is C14H20CaO4. The normalized spacial score (nSPS) is 11.5. The van der Waals surface area contributed by atoms with E-state index in [2.05, 4.69) is 0 Å².